The van der Waals surface area contributed by atoms with Gasteiger partial charge in [0.05, 0.1) is 39.3 Å². The van der Waals surface area contributed by atoms with Gasteiger partial charge in [-0.2, -0.15) is 0 Å². The zero-order chi connectivity index (χ0) is 50.4. The molecule has 15 rings (SSSR count). The first kappa shape index (κ1) is 44.3. The molecule has 7 heteroatoms. The second-order valence-electron chi connectivity index (χ2n) is 18.9. The summed E-state index contributed by atoms with van der Waals surface area (Å²) in [7, 11) is 0. The van der Waals surface area contributed by atoms with Gasteiger partial charge < -0.3 is 27.9 Å². The summed E-state index contributed by atoms with van der Waals surface area (Å²) in [5.41, 5.74) is 16.9. The van der Waals surface area contributed by atoms with E-state index in [1.165, 1.54) is 67.0 Å². The van der Waals surface area contributed by atoms with Crippen molar-refractivity contribution in [1.82, 2.24) is 18.7 Å². The Morgan fingerprint density at radius 1 is 0.263 bits per heavy atom. The number of anilines is 6. The fraction of sp³-hybridized carbons (Fsp3) is 0. The predicted octanol–water partition coefficient (Wildman–Crippen LogP) is 18.6. The van der Waals surface area contributed by atoms with Crippen LogP contribution in [0.3, 0.4) is 0 Å². The van der Waals surface area contributed by atoms with Crippen molar-refractivity contribution in [1.29, 1.82) is 0 Å². The molecule has 0 N–H and O–H groups in total. The van der Waals surface area contributed by atoms with Crippen molar-refractivity contribution in [3.63, 3.8) is 0 Å². The molecule has 4 aromatic heterocycles. The SMILES string of the molecule is c1ccc(N(c2ccc3c(c2)c2ccccc2n3-c2ccccc2)c2ccc3c(c2)c2cc(N(c4ccccc4)c4ccc5c(c4)c4ccccc4n5-c4ccccc4)ccc2n3-c2ccccc2)cc1.c1cocn1. The van der Waals surface area contributed by atoms with E-state index in [1.807, 2.05) is 0 Å². The smallest absolute Gasteiger partial charge is 0.180 e. The monoisotopic (exact) mass is 976 g/mol. The lowest BCUT2D eigenvalue weighted by atomic mass is 10.1. The van der Waals surface area contributed by atoms with Crippen molar-refractivity contribution in [2.75, 3.05) is 9.80 Å². The molecule has 4 heterocycles. The number of hydrogen-bond acceptors (Lipinski definition) is 4. The Morgan fingerprint density at radius 2 is 0.553 bits per heavy atom. The van der Waals surface area contributed by atoms with Gasteiger partial charge in [0.2, 0.25) is 0 Å². The molecular formula is C69H48N6O. The van der Waals surface area contributed by atoms with Crippen molar-refractivity contribution >= 4 is 99.5 Å². The average Bonchev–Trinajstić information content (AvgIpc) is 4.38. The average molecular weight is 977 g/mol. The molecular weight excluding hydrogens is 929 g/mol. The van der Waals surface area contributed by atoms with E-state index in [2.05, 4.69) is 306 Å². The fourth-order valence-electron chi connectivity index (χ4n) is 11.3. The normalized spacial score (nSPS) is 11.4. The second kappa shape index (κ2) is 18.9. The van der Waals surface area contributed by atoms with Gasteiger partial charge in [-0.05, 0) is 146 Å². The molecule has 0 amide bonds. The lowest BCUT2D eigenvalue weighted by molar-refractivity contribution is 0.558. The summed E-state index contributed by atoms with van der Waals surface area (Å²) >= 11 is 0. The summed E-state index contributed by atoms with van der Waals surface area (Å²) < 4.78 is 11.6. The van der Waals surface area contributed by atoms with Gasteiger partial charge in [0.15, 0.2) is 6.39 Å². The van der Waals surface area contributed by atoms with E-state index in [-0.39, 0.29) is 0 Å². The van der Waals surface area contributed by atoms with Crippen LogP contribution in [0, 0.1) is 0 Å². The summed E-state index contributed by atoms with van der Waals surface area (Å²) in [4.78, 5) is 8.36. The third kappa shape index (κ3) is 7.65. The standard InChI is InChI=1S/C66H45N5.C3H3NO/c1-6-20-46(21-7-1)67(51-34-38-63-57(42-51)55-30-16-18-32-61(55)69(63)48-24-10-3-11-25-48)53-36-40-65-59(44-53)60-45-54(37-41-66(60)71(65)50-28-14-5-15-29-50)68(47-22-8-2-9-23-47)52-35-39-64-58(43-52)56-31-17-19-33-62(56)70(64)49-26-12-4-13-27-49;1-2-5-3-4-1/h1-45H;1-3H. The molecule has 0 unspecified atom stereocenters. The van der Waals surface area contributed by atoms with Crippen LogP contribution in [0.4, 0.5) is 34.1 Å². The summed E-state index contributed by atoms with van der Waals surface area (Å²) in [5, 5.41) is 7.19. The highest BCUT2D eigenvalue weighted by Crippen LogP contribution is 2.45. The van der Waals surface area contributed by atoms with E-state index in [9.17, 15) is 0 Å². The van der Waals surface area contributed by atoms with Gasteiger partial charge in [-0.3, -0.25) is 0 Å². The minimum Gasteiger partial charge on any atom is -0.452 e. The number of aromatic nitrogens is 4. The number of oxazole rings is 1. The molecule has 0 aliphatic heterocycles. The lowest BCUT2D eigenvalue weighted by Crippen LogP contribution is -2.10. The van der Waals surface area contributed by atoms with Crippen LogP contribution in [0.2, 0.25) is 0 Å². The number of hydrogen-bond donors (Lipinski definition) is 0. The summed E-state index contributed by atoms with van der Waals surface area (Å²) in [6.07, 6.45) is 4.47. The van der Waals surface area contributed by atoms with Gasteiger partial charge in [-0.1, -0.05) is 127 Å². The second-order valence-corrected chi connectivity index (χ2v) is 18.9. The molecule has 0 saturated carbocycles. The van der Waals surface area contributed by atoms with E-state index >= 15 is 0 Å². The van der Waals surface area contributed by atoms with Crippen LogP contribution in [-0.2, 0) is 0 Å². The van der Waals surface area contributed by atoms with Crippen molar-refractivity contribution in [2.24, 2.45) is 0 Å². The Morgan fingerprint density at radius 3 is 0.855 bits per heavy atom. The molecule has 7 nitrogen and oxygen atoms in total. The minimum absolute atomic E-state index is 1.08. The number of nitrogens with zero attached hydrogens (tertiary/aromatic N) is 6. The number of benzene rings is 11. The lowest BCUT2D eigenvalue weighted by Gasteiger charge is -2.26. The van der Waals surface area contributed by atoms with Crippen LogP contribution in [0.15, 0.2) is 296 Å². The molecule has 0 aliphatic carbocycles. The summed E-state index contributed by atoms with van der Waals surface area (Å²) in [5.74, 6) is 0. The van der Waals surface area contributed by atoms with Crippen LogP contribution < -0.4 is 9.80 Å². The molecule has 0 bridgehead atoms. The van der Waals surface area contributed by atoms with E-state index in [0.29, 0.717) is 0 Å². The summed E-state index contributed by atoms with van der Waals surface area (Å²) in [6, 6.07) is 98.9. The molecule has 0 radical (unpaired) electrons. The largest absolute Gasteiger partial charge is 0.452 e. The van der Waals surface area contributed by atoms with E-state index in [4.69, 9.17) is 0 Å². The van der Waals surface area contributed by atoms with Crippen LogP contribution in [0.1, 0.15) is 0 Å². The molecule has 11 aromatic carbocycles. The van der Waals surface area contributed by atoms with Crippen molar-refractivity contribution in [3.05, 3.63) is 292 Å². The zero-order valence-electron chi connectivity index (χ0n) is 41.3. The Bertz CT molecular complexity index is 4230. The minimum atomic E-state index is 1.08. The van der Waals surface area contributed by atoms with Gasteiger partial charge in [0.1, 0.15) is 6.26 Å². The van der Waals surface area contributed by atoms with Crippen molar-refractivity contribution in [2.45, 2.75) is 0 Å². The zero-order valence-corrected chi connectivity index (χ0v) is 41.3. The maximum atomic E-state index is 4.47. The molecule has 15 aromatic rings. The van der Waals surface area contributed by atoms with Gasteiger partial charge in [-0.15, -0.1) is 0 Å². The number of para-hydroxylation sites is 7. The quantitative estimate of drug-likeness (QED) is 0.145. The van der Waals surface area contributed by atoms with Gasteiger partial charge >= 0.3 is 0 Å². The Kier molecular flexibility index (Phi) is 11.0. The first-order valence-corrected chi connectivity index (χ1v) is 25.6. The van der Waals surface area contributed by atoms with Crippen molar-refractivity contribution in [3.8, 4) is 17.1 Å². The van der Waals surface area contributed by atoms with Crippen LogP contribution >= 0.6 is 0 Å². The van der Waals surface area contributed by atoms with Crippen LogP contribution in [-0.4, -0.2) is 18.7 Å². The van der Waals surface area contributed by atoms with Crippen LogP contribution in [0.5, 0.6) is 0 Å². The Hall–Kier alpha value is -10.4. The maximum absolute atomic E-state index is 4.47. The molecule has 0 spiro atoms. The topological polar surface area (TPSA) is 47.3 Å². The maximum Gasteiger partial charge on any atom is 0.180 e. The number of fused-ring (bicyclic) bond motifs is 9. The molecule has 76 heavy (non-hydrogen) atoms. The molecule has 0 fully saturated rings. The number of rotatable bonds is 9. The third-order valence-corrected chi connectivity index (χ3v) is 14.5. The van der Waals surface area contributed by atoms with E-state index < -0.39 is 0 Å². The first-order chi connectivity index (χ1) is 37.7. The van der Waals surface area contributed by atoms with E-state index in [0.717, 1.165) is 62.2 Å². The highest BCUT2D eigenvalue weighted by molar-refractivity contribution is 6.14. The molecule has 0 saturated heterocycles. The predicted molar refractivity (Wildman–Crippen MR) is 315 cm³/mol. The summed E-state index contributed by atoms with van der Waals surface area (Å²) in [6.45, 7) is 0. The third-order valence-electron chi connectivity index (χ3n) is 14.5. The highest BCUT2D eigenvalue weighted by Gasteiger charge is 2.23. The Labute approximate surface area is 439 Å². The van der Waals surface area contributed by atoms with Gasteiger partial charge in [-0.25, -0.2) is 4.98 Å². The Balaban J connectivity index is 0.00000100. The van der Waals surface area contributed by atoms with Crippen LogP contribution in [0.25, 0.3) is 82.5 Å². The first-order valence-electron chi connectivity index (χ1n) is 25.6. The molecule has 360 valence electrons. The highest BCUT2D eigenvalue weighted by atomic mass is 16.3. The van der Waals surface area contributed by atoms with Crippen molar-refractivity contribution < 1.29 is 4.42 Å². The fourth-order valence-corrected chi connectivity index (χ4v) is 11.3. The van der Waals surface area contributed by atoms with E-state index in [1.54, 1.807) is 6.20 Å². The van der Waals surface area contributed by atoms with Gasteiger partial charge in [0, 0.05) is 83.5 Å². The molecule has 0 atom stereocenters. The molecule has 0 aliphatic rings. The van der Waals surface area contributed by atoms with Gasteiger partial charge in [0.25, 0.3) is 0 Å².